The van der Waals surface area contributed by atoms with Crippen molar-refractivity contribution in [2.24, 2.45) is 10.9 Å². The van der Waals surface area contributed by atoms with Crippen LogP contribution in [0.2, 0.25) is 0 Å². The second kappa shape index (κ2) is 6.90. The average molecular weight is 303 g/mol. The quantitative estimate of drug-likeness (QED) is 0.384. The normalized spacial score (nSPS) is 11.4. The highest BCUT2D eigenvalue weighted by molar-refractivity contribution is 7.10. The summed E-state index contributed by atoms with van der Waals surface area (Å²) >= 11 is 1.58. The van der Waals surface area contributed by atoms with Crippen LogP contribution >= 0.6 is 11.3 Å². The topological polar surface area (TPSA) is 78.9 Å². The van der Waals surface area contributed by atoms with Crippen molar-refractivity contribution in [3.63, 3.8) is 0 Å². The van der Waals surface area contributed by atoms with Crippen molar-refractivity contribution >= 4 is 23.1 Å². The maximum atomic E-state index is 12.1. The van der Waals surface area contributed by atoms with Crippen LogP contribution in [0.25, 0.3) is 0 Å². The van der Waals surface area contributed by atoms with E-state index in [9.17, 15) is 4.79 Å². The fourth-order valence-electron chi connectivity index (χ4n) is 1.95. The van der Waals surface area contributed by atoms with Crippen molar-refractivity contribution in [3.8, 4) is 0 Å². The molecule has 0 atom stereocenters. The van der Waals surface area contributed by atoms with Crippen LogP contribution in [0.5, 0.6) is 0 Å². The third-order valence-corrected chi connectivity index (χ3v) is 3.96. The van der Waals surface area contributed by atoms with Crippen LogP contribution in [-0.4, -0.2) is 28.9 Å². The van der Waals surface area contributed by atoms with Gasteiger partial charge < -0.3 is 15.8 Å². The van der Waals surface area contributed by atoms with E-state index in [2.05, 4.69) is 5.16 Å². The van der Waals surface area contributed by atoms with Crippen molar-refractivity contribution in [2.75, 3.05) is 7.05 Å². The van der Waals surface area contributed by atoms with Gasteiger partial charge in [-0.1, -0.05) is 29.4 Å². The molecule has 0 unspecified atom stereocenters. The third kappa shape index (κ3) is 4.06. The van der Waals surface area contributed by atoms with Gasteiger partial charge in [-0.3, -0.25) is 4.79 Å². The molecule has 5 nitrogen and oxygen atoms in total. The van der Waals surface area contributed by atoms with Crippen molar-refractivity contribution in [3.05, 3.63) is 57.8 Å². The maximum absolute atomic E-state index is 12.1. The number of carbonyl (C=O) groups is 1. The molecule has 0 fully saturated rings. The highest BCUT2D eigenvalue weighted by Gasteiger charge is 2.11. The Bertz CT molecular complexity index is 638. The number of hydrogen-bond donors (Lipinski definition) is 2. The second-order valence-electron chi connectivity index (χ2n) is 4.69. The number of likely N-dealkylation sites (N-methyl/N-ethyl adjacent to an activating group) is 1. The smallest absolute Gasteiger partial charge is 0.227 e. The van der Waals surface area contributed by atoms with E-state index >= 15 is 0 Å². The number of hydrogen-bond acceptors (Lipinski definition) is 4. The number of carbonyl (C=O) groups excluding carboxylic acids is 1. The molecule has 0 aliphatic heterocycles. The first kappa shape index (κ1) is 15.1. The molecule has 2 aromatic rings. The summed E-state index contributed by atoms with van der Waals surface area (Å²) in [4.78, 5) is 14.9. The zero-order valence-electron chi connectivity index (χ0n) is 11.7. The van der Waals surface area contributed by atoms with E-state index in [4.69, 9.17) is 10.9 Å². The van der Waals surface area contributed by atoms with Crippen LogP contribution in [0.15, 0.2) is 46.9 Å². The number of amidine groups is 1. The number of rotatable bonds is 5. The van der Waals surface area contributed by atoms with Gasteiger partial charge in [0.15, 0.2) is 5.84 Å². The molecule has 1 aromatic carbocycles. The van der Waals surface area contributed by atoms with Gasteiger partial charge >= 0.3 is 0 Å². The van der Waals surface area contributed by atoms with Gasteiger partial charge in [0.25, 0.3) is 0 Å². The minimum atomic E-state index is 0.0596. The van der Waals surface area contributed by atoms with E-state index in [0.29, 0.717) is 18.5 Å². The summed E-state index contributed by atoms with van der Waals surface area (Å²) in [5.41, 5.74) is 7.13. The number of amides is 1. The Kier molecular flexibility index (Phi) is 4.94. The van der Waals surface area contributed by atoms with Gasteiger partial charge in [0.1, 0.15) is 0 Å². The Morgan fingerprint density at radius 3 is 2.86 bits per heavy atom. The Morgan fingerprint density at radius 1 is 1.38 bits per heavy atom. The lowest BCUT2D eigenvalue weighted by Crippen LogP contribution is -2.27. The monoisotopic (exact) mass is 303 g/mol. The fourth-order valence-corrected chi connectivity index (χ4v) is 2.64. The summed E-state index contributed by atoms with van der Waals surface area (Å²) in [7, 11) is 1.77. The molecule has 0 bridgehead atoms. The summed E-state index contributed by atoms with van der Waals surface area (Å²) in [5.74, 6) is 0.121. The molecule has 0 aliphatic rings. The molecule has 1 amide bonds. The molecule has 0 saturated heterocycles. The first-order chi connectivity index (χ1) is 10.1. The van der Waals surface area contributed by atoms with Crippen molar-refractivity contribution in [1.29, 1.82) is 0 Å². The molecule has 1 aromatic heterocycles. The number of benzene rings is 1. The van der Waals surface area contributed by atoms with Crippen LogP contribution in [0.4, 0.5) is 0 Å². The SMILES string of the molecule is CN(Cc1cccc(C(N)=NO)c1)C(=O)Cc1cccs1. The second-order valence-corrected chi connectivity index (χ2v) is 5.72. The predicted molar refractivity (Wildman–Crippen MR) is 83.4 cm³/mol. The highest BCUT2D eigenvalue weighted by Crippen LogP contribution is 2.12. The summed E-state index contributed by atoms with van der Waals surface area (Å²) in [6.07, 6.45) is 0.411. The van der Waals surface area contributed by atoms with Gasteiger partial charge in [0.05, 0.1) is 6.42 Å². The molecule has 0 spiro atoms. The Labute approximate surface area is 127 Å². The summed E-state index contributed by atoms with van der Waals surface area (Å²) in [5, 5.41) is 13.6. The minimum absolute atomic E-state index is 0.0596. The van der Waals surface area contributed by atoms with Crippen molar-refractivity contribution < 1.29 is 10.0 Å². The van der Waals surface area contributed by atoms with Crippen LogP contribution < -0.4 is 5.73 Å². The van der Waals surface area contributed by atoms with Gasteiger partial charge in [0, 0.05) is 24.0 Å². The summed E-state index contributed by atoms with van der Waals surface area (Å²) in [6, 6.07) is 11.2. The van der Waals surface area contributed by atoms with Crippen molar-refractivity contribution in [2.45, 2.75) is 13.0 Å². The van der Waals surface area contributed by atoms with Crippen LogP contribution in [-0.2, 0) is 17.8 Å². The van der Waals surface area contributed by atoms with Gasteiger partial charge in [-0.15, -0.1) is 11.3 Å². The zero-order valence-corrected chi connectivity index (χ0v) is 12.5. The van der Waals surface area contributed by atoms with Crippen LogP contribution in [0.1, 0.15) is 16.0 Å². The average Bonchev–Trinajstić information content (AvgIpc) is 2.99. The number of nitrogens with zero attached hydrogens (tertiary/aromatic N) is 2. The molecule has 0 radical (unpaired) electrons. The Morgan fingerprint density at radius 2 is 2.19 bits per heavy atom. The van der Waals surface area contributed by atoms with E-state index < -0.39 is 0 Å². The molecular formula is C15H17N3O2S. The van der Waals surface area contributed by atoms with Gasteiger partial charge in [-0.25, -0.2) is 0 Å². The predicted octanol–water partition coefficient (Wildman–Crippen LogP) is 2.04. The highest BCUT2D eigenvalue weighted by atomic mass is 32.1. The third-order valence-electron chi connectivity index (χ3n) is 3.08. The molecule has 21 heavy (non-hydrogen) atoms. The Hall–Kier alpha value is -2.34. The van der Waals surface area contributed by atoms with Gasteiger partial charge in [-0.2, -0.15) is 0 Å². The van der Waals surface area contributed by atoms with E-state index in [-0.39, 0.29) is 11.7 Å². The number of nitrogens with two attached hydrogens (primary N) is 1. The molecule has 1 heterocycles. The molecule has 0 aliphatic carbocycles. The molecule has 6 heteroatoms. The largest absolute Gasteiger partial charge is 0.409 e. The minimum Gasteiger partial charge on any atom is -0.409 e. The van der Waals surface area contributed by atoms with Crippen LogP contribution in [0.3, 0.4) is 0 Å². The lowest BCUT2D eigenvalue weighted by molar-refractivity contribution is -0.129. The zero-order chi connectivity index (χ0) is 15.2. The van der Waals surface area contributed by atoms with E-state index in [1.165, 1.54) is 0 Å². The fraction of sp³-hybridized carbons (Fsp3) is 0.200. The Balaban J connectivity index is 2.02. The number of oxime groups is 1. The lowest BCUT2D eigenvalue weighted by atomic mass is 10.1. The van der Waals surface area contributed by atoms with E-state index in [0.717, 1.165) is 10.4 Å². The molecule has 110 valence electrons. The van der Waals surface area contributed by atoms with Crippen molar-refractivity contribution in [1.82, 2.24) is 4.90 Å². The molecule has 2 rings (SSSR count). The molecular weight excluding hydrogens is 286 g/mol. The summed E-state index contributed by atoms with van der Waals surface area (Å²) in [6.45, 7) is 0.483. The van der Waals surface area contributed by atoms with Gasteiger partial charge in [-0.05, 0) is 23.1 Å². The molecule has 0 saturated carbocycles. The molecule has 3 N–H and O–H groups in total. The van der Waals surface area contributed by atoms with E-state index in [1.54, 1.807) is 29.4 Å². The first-order valence-electron chi connectivity index (χ1n) is 6.43. The van der Waals surface area contributed by atoms with Gasteiger partial charge in [0.2, 0.25) is 5.91 Å². The standard InChI is InChI=1S/C15H17N3O2S/c1-18(14(19)9-13-6-3-7-21-13)10-11-4-2-5-12(8-11)15(16)17-20/h2-8,20H,9-10H2,1H3,(H2,16,17). The summed E-state index contributed by atoms with van der Waals surface area (Å²) < 4.78 is 0. The number of thiophene rings is 1. The first-order valence-corrected chi connectivity index (χ1v) is 7.31. The van der Waals surface area contributed by atoms with Crippen LogP contribution in [0, 0.1) is 0 Å². The van der Waals surface area contributed by atoms with E-state index in [1.807, 2.05) is 35.7 Å². The maximum Gasteiger partial charge on any atom is 0.227 e. The lowest BCUT2D eigenvalue weighted by Gasteiger charge is -2.17.